The Bertz CT molecular complexity index is 365. The highest BCUT2D eigenvalue weighted by Crippen LogP contribution is 2.32. The molecule has 0 bridgehead atoms. The molecule has 1 aliphatic rings. The lowest BCUT2D eigenvalue weighted by Crippen LogP contribution is -2.12. The zero-order valence-corrected chi connectivity index (χ0v) is 10.4. The zero-order valence-electron chi connectivity index (χ0n) is 9.67. The summed E-state index contributed by atoms with van der Waals surface area (Å²) in [5.74, 6) is 1.66. The van der Waals surface area contributed by atoms with Gasteiger partial charge < -0.3 is 11.1 Å². The number of halogens is 1. The van der Waals surface area contributed by atoms with Gasteiger partial charge in [-0.3, -0.25) is 0 Å². The van der Waals surface area contributed by atoms with E-state index in [4.69, 9.17) is 17.3 Å². The second kappa shape index (κ2) is 4.96. The van der Waals surface area contributed by atoms with Gasteiger partial charge in [0.05, 0.1) is 16.4 Å². The van der Waals surface area contributed by atoms with Gasteiger partial charge in [-0.2, -0.15) is 0 Å². The minimum atomic E-state index is 0.629. The van der Waals surface area contributed by atoms with Crippen LogP contribution in [0.4, 0.5) is 11.4 Å². The molecule has 0 heterocycles. The van der Waals surface area contributed by atoms with E-state index in [0.29, 0.717) is 10.7 Å². The summed E-state index contributed by atoms with van der Waals surface area (Å²) < 4.78 is 0. The summed E-state index contributed by atoms with van der Waals surface area (Å²) in [5.41, 5.74) is 7.53. The molecule has 3 heteroatoms. The molecule has 0 radical (unpaired) electrons. The summed E-state index contributed by atoms with van der Waals surface area (Å²) in [5, 5.41) is 4.04. The Balaban J connectivity index is 1.92. The Labute approximate surface area is 102 Å². The number of nitrogens with one attached hydrogen (secondary N) is 1. The first-order chi connectivity index (χ1) is 7.66. The van der Waals surface area contributed by atoms with Crippen LogP contribution < -0.4 is 11.1 Å². The van der Waals surface area contributed by atoms with Gasteiger partial charge in [0.2, 0.25) is 0 Å². The van der Waals surface area contributed by atoms with Crippen molar-refractivity contribution in [1.29, 1.82) is 0 Å². The van der Waals surface area contributed by atoms with Crippen LogP contribution >= 0.6 is 11.6 Å². The van der Waals surface area contributed by atoms with Crippen LogP contribution in [0.2, 0.25) is 5.02 Å². The quantitative estimate of drug-likeness (QED) is 0.787. The summed E-state index contributed by atoms with van der Waals surface area (Å²) in [6.45, 7) is 3.34. The Morgan fingerprint density at radius 2 is 2.25 bits per heavy atom. The Kier molecular flexibility index (Phi) is 3.59. The van der Waals surface area contributed by atoms with Crippen LogP contribution in [0.3, 0.4) is 0 Å². The number of nitrogen functional groups attached to an aromatic ring is 1. The monoisotopic (exact) mass is 238 g/mol. The van der Waals surface area contributed by atoms with E-state index in [2.05, 4.69) is 12.2 Å². The van der Waals surface area contributed by atoms with E-state index in [1.165, 1.54) is 19.3 Å². The molecule has 1 saturated carbocycles. The van der Waals surface area contributed by atoms with Crippen molar-refractivity contribution < 1.29 is 0 Å². The maximum Gasteiger partial charge on any atom is 0.0739 e. The van der Waals surface area contributed by atoms with Crippen LogP contribution in [0.25, 0.3) is 0 Å². The first-order valence-electron chi connectivity index (χ1n) is 5.94. The number of benzene rings is 1. The van der Waals surface area contributed by atoms with Crippen molar-refractivity contribution in [1.82, 2.24) is 0 Å². The number of nitrogens with two attached hydrogens (primary N) is 1. The molecule has 0 amide bonds. The molecule has 3 N–H and O–H groups in total. The molecule has 2 atom stereocenters. The minimum absolute atomic E-state index is 0.629. The number of hydrogen-bond donors (Lipinski definition) is 2. The van der Waals surface area contributed by atoms with Crippen LogP contribution in [0.15, 0.2) is 18.2 Å². The highest BCUT2D eigenvalue weighted by atomic mass is 35.5. The fourth-order valence-corrected chi connectivity index (χ4v) is 2.63. The van der Waals surface area contributed by atoms with Gasteiger partial charge in [0, 0.05) is 6.54 Å². The van der Waals surface area contributed by atoms with E-state index in [-0.39, 0.29) is 0 Å². The second-order valence-corrected chi connectivity index (χ2v) is 5.27. The predicted molar refractivity (Wildman–Crippen MR) is 70.9 cm³/mol. The van der Waals surface area contributed by atoms with E-state index in [1.54, 1.807) is 0 Å². The Morgan fingerprint density at radius 3 is 2.94 bits per heavy atom. The lowest BCUT2D eigenvalue weighted by molar-refractivity contribution is 0.537. The van der Waals surface area contributed by atoms with Crippen LogP contribution in [-0.2, 0) is 0 Å². The van der Waals surface area contributed by atoms with Gasteiger partial charge >= 0.3 is 0 Å². The molecule has 1 aliphatic carbocycles. The van der Waals surface area contributed by atoms with Gasteiger partial charge in [-0.1, -0.05) is 31.0 Å². The zero-order chi connectivity index (χ0) is 11.5. The molecule has 16 heavy (non-hydrogen) atoms. The molecular formula is C13H19ClN2. The summed E-state index contributed by atoms with van der Waals surface area (Å²) >= 11 is 5.97. The molecule has 1 aromatic carbocycles. The first kappa shape index (κ1) is 11.6. The first-order valence-corrected chi connectivity index (χ1v) is 6.32. The summed E-state index contributed by atoms with van der Waals surface area (Å²) in [6, 6.07) is 5.73. The maximum atomic E-state index is 5.97. The topological polar surface area (TPSA) is 38.0 Å². The van der Waals surface area contributed by atoms with Crippen molar-refractivity contribution in [3.05, 3.63) is 23.2 Å². The Hall–Kier alpha value is -0.890. The maximum absolute atomic E-state index is 5.97. The highest BCUT2D eigenvalue weighted by Gasteiger charge is 2.20. The van der Waals surface area contributed by atoms with Gasteiger partial charge in [-0.25, -0.2) is 0 Å². The highest BCUT2D eigenvalue weighted by molar-refractivity contribution is 6.33. The fourth-order valence-electron chi connectivity index (χ4n) is 2.46. The molecule has 2 rings (SSSR count). The van der Waals surface area contributed by atoms with Crippen LogP contribution in [-0.4, -0.2) is 6.54 Å². The lowest BCUT2D eigenvalue weighted by Gasteiger charge is -2.14. The van der Waals surface area contributed by atoms with Crippen molar-refractivity contribution in [2.75, 3.05) is 17.6 Å². The fraction of sp³-hybridized carbons (Fsp3) is 0.538. The van der Waals surface area contributed by atoms with Gasteiger partial charge in [0.15, 0.2) is 0 Å². The molecule has 1 aromatic rings. The average molecular weight is 239 g/mol. The van der Waals surface area contributed by atoms with Gasteiger partial charge in [0.25, 0.3) is 0 Å². The molecule has 0 aliphatic heterocycles. The molecule has 0 aromatic heterocycles. The average Bonchev–Trinajstić information content (AvgIpc) is 2.67. The van der Waals surface area contributed by atoms with Gasteiger partial charge in [0.1, 0.15) is 0 Å². The molecule has 0 saturated heterocycles. The predicted octanol–water partition coefficient (Wildman–Crippen LogP) is 3.77. The van der Waals surface area contributed by atoms with E-state index < -0.39 is 0 Å². The van der Waals surface area contributed by atoms with Crippen molar-refractivity contribution in [3.63, 3.8) is 0 Å². The number of anilines is 2. The van der Waals surface area contributed by atoms with E-state index in [0.717, 1.165) is 24.1 Å². The van der Waals surface area contributed by atoms with Crippen LogP contribution in [0, 0.1) is 11.8 Å². The number of rotatable bonds is 3. The summed E-state index contributed by atoms with van der Waals surface area (Å²) in [4.78, 5) is 0. The summed E-state index contributed by atoms with van der Waals surface area (Å²) in [6.07, 6.45) is 4.01. The summed E-state index contributed by atoms with van der Waals surface area (Å²) in [7, 11) is 0. The SMILES string of the molecule is CC1CCC(CNc2cccc(Cl)c2N)C1. The van der Waals surface area contributed by atoms with Gasteiger partial charge in [-0.05, 0) is 36.8 Å². The standard InChI is InChI=1S/C13H19ClN2/c1-9-5-6-10(7-9)8-16-12-4-2-3-11(14)13(12)15/h2-4,9-10,16H,5-8,15H2,1H3. The molecule has 1 fully saturated rings. The van der Waals surface area contributed by atoms with Crippen molar-refractivity contribution in [2.45, 2.75) is 26.2 Å². The third-order valence-corrected chi connectivity index (χ3v) is 3.77. The van der Waals surface area contributed by atoms with E-state index in [9.17, 15) is 0 Å². The van der Waals surface area contributed by atoms with Crippen molar-refractivity contribution >= 4 is 23.0 Å². The molecular weight excluding hydrogens is 220 g/mol. The third kappa shape index (κ3) is 2.62. The second-order valence-electron chi connectivity index (χ2n) is 4.87. The number of hydrogen-bond acceptors (Lipinski definition) is 2. The lowest BCUT2D eigenvalue weighted by atomic mass is 10.1. The normalized spacial score (nSPS) is 24.6. The number of para-hydroxylation sites is 1. The van der Waals surface area contributed by atoms with Crippen molar-refractivity contribution in [2.24, 2.45) is 11.8 Å². The van der Waals surface area contributed by atoms with Crippen LogP contribution in [0.1, 0.15) is 26.2 Å². The van der Waals surface area contributed by atoms with Crippen LogP contribution in [0.5, 0.6) is 0 Å². The van der Waals surface area contributed by atoms with E-state index in [1.807, 2.05) is 18.2 Å². The molecule has 2 unspecified atom stereocenters. The van der Waals surface area contributed by atoms with E-state index >= 15 is 0 Å². The smallest absolute Gasteiger partial charge is 0.0739 e. The Morgan fingerprint density at radius 1 is 1.44 bits per heavy atom. The van der Waals surface area contributed by atoms with Crippen molar-refractivity contribution in [3.8, 4) is 0 Å². The molecule has 88 valence electrons. The minimum Gasteiger partial charge on any atom is -0.396 e. The molecule has 2 nitrogen and oxygen atoms in total. The molecule has 0 spiro atoms. The van der Waals surface area contributed by atoms with Gasteiger partial charge in [-0.15, -0.1) is 0 Å². The largest absolute Gasteiger partial charge is 0.396 e. The third-order valence-electron chi connectivity index (χ3n) is 3.44.